The molecule has 0 saturated carbocycles. The zero-order valence-electron chi connectivity index (χ0n) is 18.4. The van der Waals surface area contributed by atoms with Gasteiger partial charge in [-0.3, -0.25) is 14.7 Å². The van der Waals surface area contributed by atoms with E-state index in [2.05, 4.69) is 10.3 Å². The predicted molar refractivity (Wildman–Crippen MR) is 128 cm³/mol. The van der Waals surface area contributed by atoms with Crippen LogP contribution in [0.5, 0.6) is 0 Å². The third kappa shape index (κ3) is 4.83. The lowest BCUT2D eigenvalue weighted by Gasteiger charge is -2.34. The normalized spacial score (nSPS) is 15.2. The van der Waals surface area contributed by atoms with Crippen LogP contribution in [0.1, 0.15) is 35.0 Å². The Morgan fingerprint density at radius 1 is 1.09 bits per heavy atom. The summed E-state index contributed by atoms with van der Waals surface area (Å²) in [5, 5.41) is 5.25. The van der Waals surface area contributed by atoms with E-state index in [9.17, 15) is 9.59 Å². The van der Waals surface area contributed by atoms with Crippen LogP contribution >= 0.6 is 11.3 Å². The van der Waals surface area contributed by atoms with Crippen molar-refractivity contribution in [3.05, 3.63) is 82.3 Å². The van der Waals surface area contributed by atoms with Gasteiger partial charge >= 0.3 is 6.03 Å². The summed E-state index contributed by atoms with van der Waals surface area (Å²) >= 11 is 1.62. The van der Waals surface area contributed by atoms with Crippen LogP contribution in [0.2, 0.25) is 0 Å². The average Bonchev–Trinajstić information content (AvgIpc) is 3.37. The van der Waals surface area contributed by atoms with Gasteiger partial charge in [0.15, 0.2) is 0 Å². The molecule has 1 unspecified atom stereocenters. The van der Waals surface area contributed by atoms with Crippen molar-refractivity contribution in [1.82, 2.24) is 15.2 Å². The van der Waals surface area contributed by atoms with Crippen molar-refractivity contribution in [3.63, 3.8) is 0 Å². The van der Waals surface area contributed by atoms with Crippen molar-refractivity contribution >= 4 is 29.0 Å². The number of hydrogen-bond acceptors (Lipinski definition) is 4. The van der Waals surface area contributed by atoms with Gasteiger partial charge in [-0.25, -0.2) is 4.79 Å². The van der Waals surface area contributed by atoms with Crippen molar-refractivity contribution in [2.45, 2.75) is 25.8 Å². The molecule has 32 heavy (non-hydrogen) atoms. The first-order valence-electron chi connectivity index (χ1n) is 10.9. The molecule has 3 aromatic rings. The Kier molecular flexibility index (Phi) is 6.85. The lowest BCUT2D eigenvalue weighted by Crippen LogP contribution is -2.48. The van der Waals surface area contributed by atoms with E-state index in [1.807, 2.05) is 71.8 Å². The van der Waals surface area contributed by atoms with E-state index in [0.29, 0.717) is 25.9 Å². The van der Waals surface area contributed by atoms with Crippen LogP contribution in [0.15, 0.2) is 66.2 Å². The van der Waals surface area contributed by atoms with Gasteiger partial charge in [-0.15, -0.1) is 11.3 Å². The average molecular weight is 449 g/mol. The molecule has 0 radical (unpaired) electrons. The number of likely N-dealkylation sites (tertiary alicyclic amines) is 1. The fourth-order valence-corrected chi connectivity index (χ4v) is 4.88. The van der Waals surface area contributed by atoms with Gasteiger partial charge in [0.05, 0.1) is 5.69 Å². The lowest BCUT2D eigenvalue weighted by atomic mass is 9.95. The summed E-state index contributed by atoms with van der Waals surface area (Å²) < 4.78 is 0. The summed E-state index contributed by atoms with van der Waals surface area (Å²) in [5.41, 5.74) is 2.79. The van der Waals surface area contributed by atoms with Crippen LogP contribution in [-0.4, -0.2) is 42.0 Å². The number of pyridine rings is 1. The third-order valence-electron chi connectivity index (χ3n) is 6.00. The van der Waals surface area contributed by atoms with Gasteiger partial charge in [0.25, 0.3) is 0 Å². The van der Waals surface area contributed by atoms with E-state index in [1.54, 1.807) is 29.5 Å². The Hall–Kier alpha value is -3.19. The summed E-state index contributed by atoms with van der Waals surface area (Å²) in [7, 11) is 1.79. The standard InChI is InChI=1S/C25H28N4O2S/c1-18-8-6-14-26-22(18)23(21-11-7-17-32-21)27-24(30)19-12-15-29(16-13-19)25(31)28(2)20-9-4-3-5-10-20/h3-11,14,17,19,23H,12-13,15-16H2,1-2H3,(H,27,30). The summed E-state index contributed by atoms with van der Waals surface area (Å²) in [6, 6.07) is 17.3. The highest BCUT2D eigenvalue weighted by molar-refractivity contribution is 7.10. The molecule has 166 valence electrons. The Morgan fingerprint density at radius 2 is 1.84 bits per heavy atom. The molecular weight excluding hydrogens is 420 g/mol. The number of nitrogens with one attached hydrogen (secondary N) is 1. The number of nitrogens with zero attached hydrogens (tertiary/aromatic N) is 3. The zero-order chi connectivity index (χ0) is 22.5. The van der Waals surface area contributed by atoms with Crippen molar-refractivity contribution in [1.29, 1.82) is 0 Å². The number of rotatable bonds is 5. The first kappa shape index (κ1) is 22.0. The van der Waals surface area contributed by atoms with E-state index in [1.165, 1.54) is 0 Å². The minimum absolute atomic E-state index is 0.0250. The number of aryl methyl sites for hydroxylation is 1. The molecule has 0 aliphatic carbocycles. The maximum absolute atomic E-state index is 13.2. The van der Waals surface area contributed by atoms with E-state index in [0.717, 1.165) is 21.8 Å². The highest BCUT2D eigenvalue weighted by Crippen LogP contribution is 2.28. The number of anilines is 1. The second-order valence-corrected chi connectivity index (χ2v) is 9.08. The SMILES string of the molecule is Cc1cccnc1C(NC(=O)C1CCN(C(=O)N(C)c2ccccc2)CC1)c1cccs1. The van der Waals surface area contributed by atoms with Gasteiger partial charge in [-0.05, 0) is 55.0 Å². The highest BCUT2D eigenvalue weighted by atomic mass is 32.1. The fourth-order valence-electron chi connectivity index (χ4n) is 4.10. The van der Waals surface area contributed by atoms with E-state index < -0.39 is 0 Å². The van der Waals surface area contributed by atoms with Gasteiger partial charge in [-0.2, -0.15) is 0 Å². The minimum atomic E-state index is -0.257. The van der Waals surface area contributed by atoms with Gasteiger partial charge in [-0.1, -0.05) is 30.3 Å². The number of carbonyl (C=O) groups excluding carboxylic acids is 2. The number of urea groups is 1. The maximum atomic E-state index is 13.2. The van der Waals surface area contributed by atoms with Crippen LogP contribution < -0.4 is 10.2 Å². The largest absolute Gasteiger partial charge is 0.343 e. The molecule has 3 heterocycles. The van der Waals surface area contributed by atoms with Gasteiger partial charge in [0, 0.05) is 42.8 Å². The molecule has 2 aromatic heterocycles. The number of para-hydroxylation sites is 1. The molecule has 1 fully saturated rings. The molecule has 1 N–H and O–H groups in total. The highest BCUT2D eigenvalue weighted by Gasteiger charge is 2.31. The Balaban J connectivity index is 1.39. The summed E-state index contributed by atoms with van der Waals surface area (Å²) in [6.45, 7) is 3.16. The lowest BCUT2D eigenvalue weighted by molar-refractivity contribution is -0.126. The van der Waals surface area contributed by atoms with Gasteiger partial charge < -0.3 is 10.2 Å². The second kappa shape index (κ2) is 9.96. The first-order valence-corrected chi connectivity index (χ1v) is 11.8. The quantitative estimate of drug-likeness (QED) is 0.619. The molecular formula is C25H28N4O2S. The van der Waals surface area contributed by atoms with Crippen molar-refractivity contribution < 1.29 is 9.59 Å². The minimum Gasteiger partial charge on any atom is -0.343 e. The predicted octanol–water partition coefficient (Wildman–Crippen LogP) is 4.63. The topological polar surface area (TPSA) is 65.5 Å². The van der Waals surface area contributed by atoms with Crippen molar-refractivity contribution in [3.8, 4) is 0 Å². The number of aromatic nitrogens is 1. The van der Waals surface area contributed by atoms with Crippen LogP contribution in [0.25, 0.3) is 0 Å². The summed E-state index contributed by atoms with van der Waals surface area (Å²) in [4.78, 5) is 35.2. The van der Waals surface area contributed by atoms with Gasteiger partial charge in [0.1, 0.15) is 6.04 Å². The molecule has 0 bridgehead atoms. The Morgan fingerprint density at radius 3 is 2.50 bits per heavy atom. The second-order valence-electron chi connectivity index (χ2n) is 8.10. The first-order chi connectivity index (χ1) is 15.5. The van der Waals surface area contributed by atoms with Crippen LogP contribution in [0.3, 0.4) is 0 Å². The molecule has 0 spiro atoms. The summed E-state index contributed by atoms with van der Waals surface area (Å²) in [6.07, 6.45) is 3.07. The van der Waals surface area contributed by atoms with Crippen molar-refractivity contribution in [2.24, 2.45) is 5.92 Å². The Labute approximate surface area is 192 Å². The van der Waals surface area contributed by atoms with E-state index in [4.69, 9.17) is 0 Å². The smallest absolute Gasteiger partial charge is 0.324 e. The molecule has 1 aliphatic rings. The molecule has 1 aromatic carbocycles. The van der Waals surface area contributed by atoms with Crippen LogP contribution in [-0.2, 0) is 4.79 Å². The van der Waals surface area contributed by atoms with E-state index in [-0.39, 0.29) is 23.9 Å². The van der Waals surface area contributed by atoms with Crippen LogP contribution in [0, 0.1) is 12.8 Å². The van der Waals surface area contributed by atoms with Crippen molar-refractivity contribution in [2.75, 3.05) is 25.0 Å². The number of carbonyl (C=O) groups is 2. The molecule has 1 saturated heterocycles. The molecule has 1 atom stereocenters. The number of hydrogen-bond donors (Lipinski definition) is 1. The number of piperidine rings is 1. The maximum Gasteiger partial charge on any atom is 0.324 e. The third-order valence-corrected chi connectivity index (χ3v) is 6.94. The summed E-state index contributed by atoms with van der Waals surface area (Å²) in [5.74, 6) is -0.0930. The number of thiophene rings is 1. The zero-order valence-corrected chi connectivity index (χ0v) is 19.2. The molecule has 7 heteroatoms. The number of amides is 3. The molecule has 1 aliphatic heterocycles. The monoisotopic (exact) mass is 448 g/mol. The van der Waals surface area contributed by atoms with Gasteiger partial charge in [0.2, 0.25) is 5.91 Å². The Bertz CT molecular complexity index is 1050. The fraction of sp³-hybridized carbons (Fsp3) is 0.320. The van der Waals surface area contributed by atoms with Crippen LogP contribution in [0.4, 0.5) is 10.5 Å². The van der Waals surface area contributed by atoms with E-state index >= 15 is 0 Å². The number of benzene rings is 1. The molecule has 6 nitrogen and oxygen atoms in total. The molecule has 4 rings (SSSR count). The molecule has 3 amide bonds.